The van der Waals surface area contributed by atoms with Crippen LogP contribution in [0.3, 0.4) is 0 Å². The number of hydrogen-bond donors (Lipinski definition) is 1. The molecule has 0 radical (unpaired) electrons. The Kier molecular flexibility index (Phi) is 2.50. The average molecular weight is 152 g/mol. The van der Waals surface area contributed by atoms with E-state index in [1.165, 1.54) is 5.57 Å². The fourth-order valence-electron chi connectivity index (χ4n) is 1.36. The van der Waals surface area contributed by atoms with E-state index in [2.05, 4.69) is 13.5 Å². The molecule has 11 heavy (non-hydrogen) atoms. The third-order valence-electron chi connectivity index (χ3n) is 2.37. The summed E-state index contributed by atoms with van der Waals surface area (Å²) in [6.07, 6.45) is 3.85. The predicted molar refractivity (Wildman–Crippen MR) is 47.3 cm³/mol. The van der Waals surface area contributed by atoms with Crippen molar-refractivity contribution >= 4 is 0 Å². The molecular formula is C10H16O. The van der Waals surface area contributed by atoms with Gasteiger partial charge in [-0.25, -0.2) is 0 Å². The van der Waals surface area contributed by atoms with E-state index in [1.54, 1.807) is 0 Å². The molecule has 1 rings (SSSR count). The number of rotatable bonds is 1. The summed E-state index contributed by atoms with van der Waals surface area (Å²) in [5.74, 6) is 0.415. The zero-order valence-electron chi connectivity index (χ0n) is 7.30. The summed E-state index contributed by atoms with van der Waals surface area (Å²) in [5, 5.41) is 9.48. The molecule has 0 heterocycles. The van der Waals surface area contributed by atoms with Crippen LogP contribution in [0.1, 0.15) is 26.7 Å². The van der Waals surface area contributed by atoms with Gasteiger partial charge in [0.05, 0.1) is 6.10 Å². The molecule has 1 aliphatic carbocycles. The minimum absolute atomic E-state index is 0.254. The van der Waals surface area contributed by atoms with Crippen molar-refractivity contribution in [2.45, 2.75) is 32.8 Å². The standard InChI is InChI=1S/C10H16O/c1-7(2)9-5-4-8(3)10(11)6-9/h6,8,10-11H,1,4-5H2,2-3H3. The number of aliphatic hydroxyl groups excluding tert-OH is 1. The van der Waals surface area contributed by atoms with E-state index < -0.39 is 0 Å². The molecule has 0 saturated heterocycles. The number of aliphatic hydroxyl groups is 1. The Morgan fingerprint density at radius 3 is 2.82 bits per heavy atom. The predicted octanol–water partition coefficient (Wildman–Crippen LogP) is 2.28. The van der Waals surface area contributed by atoms with Gasteiger partial charge in [0.25, 0.3) is 0 Å². The molecule has 62 valence electrons. The monoisotopic (exact) mass is 152 g/mol. The summed E-state index contributed by atoms with van der Waals surface area (Å²) >= 11 is 0. The van der Waals surface area contributed by atoms with Crippen LogP contribution < -0.4 is 0 Å². The van der Waals surface area contributed by atoms with Gasteiger partial charge in [0.1, 0.15) is 0 Å². The van der Waals surface area contributed by atoms with E-state index in [0.29, 0.717) is 5.92 Å². The van der Waals surface area contributed by atoms with Crippen molar-refractivity contribution in [2.75, 3.05) is 0 Å². The van der Waals surface area contributed by atoms with E-state index in [4.69, 9.17) is 0 Å². The highest BCUT2D eigenvalue weighted by atomic mass is 16.3. The second kappa shape index (κ2) is 3.22. The van der Waals surface area contributed by atoms with Crippen LogP contribution in [0.15, 0.2) is 23.8 Å². The maximum absolute atomic E-state index is 9.48. The first-order valence-corrected chi connectivity index (χ1v) is 4.16. The molecule has 0 aliphatic heterocycles. The van der Waals surface area contributed by atoms with E-state index in [0.717, 1.165) is 18.4 Å². The van der Waals surface area contributed by atoms with Gasteiger partial charge in [-0.3, -0.25) is 0 Å². The van der Waals surface area contributed by atoms with Gasteiger partial charge < -0.3 is 5.11 Å². The van der Waals surface area contributed by atoms with Crippen molar-refractivity contribution in [1.82, 2.24) is 0 Å². The summed E-state index contributed by atoms with van der Waals surface area (Å²) < 4.78 is 0. The van der Waals surface area contributed by atoms with E-state index >= 15 is 0 Å². The molecule has 0 aromatic carbocycles. The Morgan fingerprint density at radius 2 is 2.36 bits per heavy atom. The van der Waals surface area contributed by atoms with Crippen molar-refractivity contribution in [3.63, 3.8) is 0 Å². The summed E-state index contributed by atoms with van der Waals surface area (Å²) in [4.78, 5) is 0. The third kappa shape index (κ3) is 1.93. The Hall–Kier alpha value is -0.560. The lowest BCUT2D eigenvalue weighted by molar-refractivity contribution is 0.149. The lowest BCUT2D eigenvalue weighted by Gasteiger charge is -2.23. The van der Waals surface area contributed by atoms with Crippen LogP contribution in [0.2, 0.25) is 0 Å². The fraction of sp³-hybridized carbons (Fsp3) is 0.600. The second-order valence-electron chi connectivity index (χ2n) is 3.48. The molecule has 0 aromatic heterocycles. The van der Waals surface area contributed by atoms with Gasteiger partial charge in [0, 0.05) is 0 Å². The van der Waals surface area contributed by atoms with Crippen molar-refractivity contribution in [3.05, 3.63) is 23.8 Å². The summed E-state index contributed by atoms with van der Waals surface area (Å²) in [6, 6.07) is 0. The van der Waals surface area contributed by atoms with Crippen LogP contribution in [0.25, 0.3) is 0 Å². The Bertz CT molecular complexity index is 191. The highest BCUT2D eigenvalue weighted by molar-refractivity contribution is 5.29. The van der Waals surface area contributed by atoms with Gasteiger partial charge in [0.15, 0.2) is 0 Å². The van der Waals surface area contributed by atoms with Gasteiger partial charge >= 0.3 is 0 Å². The van der Waals surface area contributed by atoms with Gasteiger partial charge in [-0.15, -0.1) is 0 Å². The Balaban J connectivity index is 2.71. The molecule has 0 fully saturated rings. The molecule has 0 amide bonds. The van der Waals surface area contributed by atoms with Gasteiger partial charge in [-0.2, -0.15) is 0 Å². The first-order valence-electron chi connectivity index (χ1n) is 4.16. The molecule has 1 heteroatoms. The smallest absolute Gasteiger partial charge is 0.0752 e. The Labute approximate surface area is 68.4 Å². The third-order valence-corrected chi connectivity index (χ3v) is 2.37. The molecule has 0 spiro atoms. The normalized spacial score (nSPS) is 31.4. The summed E-state index contributed by atoms with van der Waals surface area (Å²) in [5.41, 5.74) is 2.33. The van der Waals surface area contributed by atoms with Crippen LogP contribution in [0.4, 0.5) is 0 Å². The minimum atomic E-state index is -0.254. The molecule has 2 atom stereocenters. The van der Waals surface area contributed by atoms with Crippen LogP contribution >= 0.6 is 0 Å². The molecule has 0 saturated carbocycles. The van der Waals surface area contributed by atoms with Crippen LogP contribution in [0, 0.1) is 5.92 Å². The lowest BCUT2D eigenvalue weighted by Crippen LogP contribution is -2.19. The maximum atomic E-state index is 9.48. The second-order valence-corrected chi connectivity index (χ2v) is 3.48. The SMILES string of the molecule is C=C(C)C1=CC(O)C(C)CC1. The molecule has 0 bridgehead atoms. The quantitative estimate of drug-likeness (QED) is 0.611. The zero-order valence-corrected chi connectivity index (χ0v) is 7.30. The molecule has 1 aliphatic rings. The van der Waals surface area contributed by atoms with Crippen molar-refractivity contribution < 1.29 is 5.11 Å². The first kappa shape index (κ1) is 8.54. The maximum Gasteiger partial charge on any atom is 0.0752 e. The van der Waals surface area contributed by atoms with Crippen LogP contribution in [-0.2, 0) is 0 Å². The van der Waals surface area contributed by atoms with Crippen molar-refractivity contribution in [1.29, 1.82) is 0 Å². The van der Waals surface area contributed by atoms with E-state index in [9.17, 15) is 5.11 Å². The van der Waals surface area contributed by atoms with Gasteiger partial charge in [-0.1, -0.05) is 25.2 Å². The summed E-state index contributed by atoms with van der Waals surface area (Å²) in [7, 11) is 0. The number of hydrogen-bond acceptors (Lipinski definition) is 1. The highest BCUT2D eigenvalue weighted by Gasteiger charge is 2.18. The lowest BCUT2D eigenvalue weighted by atomic mass is 9.86. The molecule has 1 nitrogen and oxygen atoms in total. The minimum Gasteiger partial charge on any atom is -0.389 e. The zero-order chi connectivity index (χ0) is 8.43. The summed E-state index contributed by atoms with van der Waals surface area (Å²) in [6.45, 7) is 7.93. The molecule has 2 unspecified atom stereocenters. The first-order chi connectivity index (χ1) is 5.11. The number of allylic oxidation sites excluding steroid dienone is 2. The van der Waals surface area contributed by atoms with Crippen molar-refractivity contribution in [3.8, 4) is 0 Å². The topological polar surface area (TPSA) is 20.2 Å². The largest absolute Gasteiger partial charge is 0.389 e. The van der Waals surface area contributed by atoms with Gasteiger partial charge in [0.2, 0.25) is 0 Å². The van der Waals surface area contributed by atoms with Gasteiger partial charge in [-0.05, 0) is 31.3 Å². The van der Waals surface area contributed by atoms with Crippen LogP contribution in [0.5, 0.6) is 0 Å². The van der Waals surface area contributed by atoms with E-state index in [1.807, 2.05) is 13.0 Å². The van der Waals surface area contributed by atoms with Crippen LogP contribution in [-0.4, -0.2) is 11.2 Å². The Morgan fingerprint density at radius 1 is 1.73 bits per heavy atom. The average Bonchev–Trinajstić information content (AvgIpc) is 1.94. The van der Waals surface area contributed by atoms with Crippen molar-refractivity contribution in [2.24, 2.45) is 5.92 Å². The van der Waals surface area contributed by atoms with E-state index in [-0.39, 0.29) is 6.10 Å². The molecule has 1 N–H and O–H groups in total. The molecule has 0 aromatic rings. The molecular weight excluding hydrogens is 136 g/mol. The highest BCUT2D eigenvalue weighted by Crippen LogP contribution is 2.26. The fourth-order valence-corrected chi connectivity index (χ4v) is 1.36.